The molecule has 2 aromatic heterocycles. The maximum absolute atomic E-state index is 12.7. The number of fused-ring (bicyclic) bond motifs is 1. The number of benzene rings is 1. The first kappa shape index (κ1) is 15.8. The summed E-state index contributed by atoms with van der Waals surface area (Å²) >= 11 is 0. The highest BCUT2D eigenvalue weighted by molar-refractivity contribution is 5.93. The molecule has 0 radical (unpaired) electrons. The van der Waals surface area contributed by atoms with E-state index in [1.165, 1.54) is 11.1 Å². The van der Waals surface area contributed by atoms with Crippen LogP contribution in [0.25, 0.3) is 5.65 Å². The summed E-state index contributed by atoms with van der Waals surface area (Å²) in [6, 6.07) is 12.0. The fourth-order valence-electron chi connectivity index (χ4n) is 3.23. The number of hydrogen-bond donors (Lipinski definition) is 0. The summed E-state index contributed by atoms with van der Waals surface area (Å²) in [5.41, 5.74) is 3.84. The number of rotatable bonds is 3. The summed E-state index contributed by atoms with van der Waals surface area (Å²) in [5, 5.41) is 4.34. The van der Waals surface area contributed by atoms with Crippen molar-refractivity contribution < 1.29 is 4.79 Å². The van der Waals surface area contributed by atoms with Crippen molar-refractivity contribution in [2.45, 2.75) is 13.5 Å². The molecule has 1 saturated heterocycles. The van der Waals surface area contributed by atoms with E-state index in [-0.39, 0.29) is 5.91 Å². The third-order valence-electron chi connectivity index (χ3n) is 4.77. The number of aromatic nitrogens is 3. The van der Waals surface area contributed by atoms with Gasteiger partial charge < -0.3 is 4.90 Å². The molecule has 0 atom stereocenters. The Morgan fingerprint density at radius 3 is 2.68 bits per heavy atom. The SMILES string of the molecule is Cc1ccccc1CN1CCN(C(=O)c2cc3ncccn3n2)CC1. The van der Waals surface area contributed by atoms with Crippen LogP contribution in [0, 0.1) is 6.92 Å². The number of carbonyl (C=O) groups is 1. The Hall–Kier alpha value is -2.73. The number of nitrogens with zero attached hydrogens (tertiary/aromatic N) is 5. The Morgan fingerprint density at radius 2 is 1.92 bits per heavy atom. The molecule has 0 aliphatic carbocycles. The van der Waals surface area contributed by atoms with Crippen molar-refractivity contribution in [3.05, 3.63) is 65.6 Å². The monoisotopic (exact) mass is 335 g/mol. The van der Waals surface area contributed by atoms with Crippen LogP contribution in [-0.2, 0) is 6.54 Å². The average molecular weight is 335 g/mol. The summed E-state index contributed by atoms with van der Waals surface area (Å²) in [5.74, 6) is -0.0129. The molecule has 4 rings (SSSR count). The molecule has 0 N–H and O–H groups in total. The lowest BCUT2D eigenvalue weighted by atomic mass is 10.1. The number of amides is 1. The molecule has 1 aromatic carbocycles. The Balaban J connectivity index is 1.39. The second-order valence-corrected chi connectivity index (χ2v) is 6.45. The van der Waals surface area contributed by atoms with Crippen molar-refractivity contribution in [2.75, 3.05) is 26.2 Å². The minimum absolute atomic E-state index is 0.0129. The molecule has 0 spiro atoms. The summed E-state index contributed by atoms with van der Waals surface area (Å²) in [6.45, 7) is 6.30. The zero-order valence-electron chi connectivity index (χ0n) is 14.3. The minimum atomic E-state index is -0.0129. The minimum Gasteiger partial charge on any atom is -0.335 e. The van der Waals surface area contributed by atoms with Gasteiger partial charge in [-0.15, -0.1) is 0 Å². The predicted molar refractivity (Wildman–Crippen MR) is 95.3 cm³/mol. The predicted octanol–water partition coefficient (Wildman–Crippen LogP) is 2.00. The van der Waals surface area contributed by atoms with E-state index in [1.807, 2.05) is 4.90 Å². The standard InChI is InChI=1S/C19H21N5O/c1-15-5-2-3-6-16(15)14-22-9-11-23(12-10-22)19(25)17-13-18-20-7-4-8-24(18)21-17/h2-8,13H,9-12,14H2,1H3. The van der Waals surface area contributed by atoms with Gasteiger partial charge in [0.2, 0.25) is 0 Å². The van der Waals surface area contributed by atoms with Crippen LogP contribution in [0.1, 0.15) is 21.6 Å². The van der Waals surface area contributed by atoms with Gasteiger partial charge in [0, 0.05) is 51.2 Å². The lowest BCUT2D eigenvalue weighted by molar-refractivity contribution is 0.0622. The van der Waals surface area contributed by atoms with Gasteiger partial charge in [0.05, 0.1) is 0 Å². The van der Waals surface area contributed by atoms with E-state index in [0.29, 0.717) is 11.3 Å². The largest absolute Gasteiger partial charge is 0.335 e. The third-order valence-corrected chi connectivity index (χ3v) is 4.77. The van der Waals surface area contributed by atoms with Gasteiger partial charge in [0.1, 0.15) is 0 Å². The van der Waals surface area contributed by atoms with Gasteiger partial charge in [-0.3, -0.25) is 9.69 Å². The smallest absolute Gasteiger partial charge is 0.274 e. The van der Waals surface area contributed by atoms with Gasteiger partial charge in [-0.05, 0) is 24.1 Å². The Bertz CT molecular complexity index is 862. The van der Waals surface area contributed by atoms with Crippen LogP contribution in [0.2, 0.25) is 0 Å². The molecular weight excluding hydrogens is 314 g/mol. The van der Waals surface area contributed by atoms with E-state index in [4.69, 9.17) is 0 Å². The third kappa shape index (κ3) is 3.25. The molecule has 0 bridgehead atoms. The maximum atomic E-state index is 12.7. The van der Waals surface area contributed by atoms with Crippen molar-refractivity contribution in [3.63, 3.8) is 0 Å². The second-order valence-electron chi connectivity index (χ2n) is 6.45. The molecule has 1 aliphatic rings. The number of carbonyl (C=O) groups excluding carboxylic acids is 1. The quantitative estimate of drug-likeness (QED) is 0.735. The van der Waals surface area contributed by atoms with Crippen LogP contribution >= 0.6 is 0 Å². The molecule has 6 nitrogen and oxygen atoms in total. The first-order valence-corrected chi connectivity index (χ1v) is 8.57. The highest BCUT2D eigenvalue weighted by atomic mass is 16.2. The average Bonchev–Trinajstić information content (AvgIpc) is 3.08. The van der Waals surface area contributed by atoms with Gasteiger partial charge >= 0.3 is 0 Å². The zero-order valence-corrected chi connectivity index (χ0v) is 14.3. The summed E-state index contributed by atoms with van der Waals surface area (Å²) in [6.07, 6.45) is 3.51. The Morgan fingerprint density at radius 1 is 1.12 bits per heavy atom. The van der Waals surface area contributed by atoms with Gasteiger partial charge in [-0.1, -0.05) is 24.3 Å². The topological polar surface area (TPSA) is 53.7 Å². The lowest BCUT2D eigenvalue weighted by Gasteiger charge is -2.34. The second kappa shape index (κ2) is 6.64. The van der Waals surface area contributed by atoms with Crippen molar-refractivity contribution in [2.24, 2.45) is 0 Å². The molecular formula is C19H21N5O. The van der Waals surface area contributed by atoms with Crippen molar-refractivity contribution >= 4 is 11.6 Å². The molecule has 3 aromatic rings. The first-order chi connectivity index (χ1) is 12.2. The molecule has 128 valence electrons. The first-order valence-electron chi connectivity index (χ1n) is 8.57. The summed E-state index contributed by atoms with van der Waals surface area (Å²) < 4.78 is 1.64. The molecule has 3 heterocycles. The van der Waals surface area contributed by atoms with Gasteiger partial charge in [0.25, 0.3) is 5.91 Å². The van der Waals surface area contributed by atoms with Crippen LogP contribution in [0.15, 0.2) is 48.8 Å². The fourth-order valence-corrected chi connectivity index (χ4v) is 3.23. The number of hydrogen-bond acceptors (Lipinski definition) is 4. The van der Waals surface area contributed by atoms with E-state index in [9.17, 15) is 4.79 Å². The van der Waals surface area contributed by atoms with E-state index in [2.05, 4.69) is 46.2 Å². The van der Waals surface area contributed by atoms with E-state index in [1.54, 1.807) is 29.0 Å². The highest BCUT2D eigenvalue weighted by Crippen LogP contribution is 2.14. The maximum Gasteiger partial charge on any atom is 0.274 e. The lowest BCUT2D eigenvalue weighted by Crippen LogP contribution is -2.48. The van der Waals surface area contributed by atoms with Gasteiger partial charge in [0.15, 0.2) is 11.3 Å². The van der Waals surface area contributed by atoms with E-state index < -0.39 is 0 Å². The van der Waals surface area contributed by atoms with Crippen LogP contribution in [0.3, 0.4) is 0 Å². The van der Waals surface area contributed by atoms with Gasteiger partial charge in [-0.25, -0.2) is 9.50 Å². The zero-order chi connectivity index (χ0) is 17.2. The number of aryl methyl sites for hydroxylation is 1. The molecule has 1 aliphatic heterocycles. The van der Waals surface area contributed by atoms with Crippen molar-refractivity contribution in [1.82, 2.24) is 24.4 Å². The molecule has 0 saturated carbocycles. The molecule has 25 heavy (non-hydrogen) atoms. The van der Waals surface area contributed by atoms with Crippen LogP contribution in [0.4, 0.5) is 0 Å². The van der Waals surface area contributed by atoms with Crippen molar-refractivity contribution in [3.8, 4) is 0 Å². The van der Waals surface area contributed by atoms with Crippen molar-refractivity contribution in [1.29, 1.82) is 0 Å². The number of piperazine rings is 1. The molecule has 1 amide bonds. The molecule has 6 heteroatoms. The van der Waals surface area contributed by atoms with E-state index >= 15 is 0 Å². The summed E-state index contributed by atoms with van der Waals surface area (Å²) in [4.78, 5) is 21.2. The normalized spacial score (nSPS) is 15.6. The molecule has 0 unspecified atom stereocenters. The van der Waals surface area contributed by atoms with Gasteiger partial charge in [-0.2, -0.15) is 5.10 Å². The van der Waals surface area contributed by atoms with Crippen LogP contribution in [-0.4, -0.2) is 56.5 Å². The van der Waals surface area contributed by atoms with Crippen LogP contribution in [0.5, 0.6) is 0 Å². The van der Waals surface area contributed by atoms with E-state index in [0.717, 1.165) is 32.7 Å². The van der Waals surface area contributed by atoms with Crippen LogP contribution < -0.4 is 0 Å². The molecule has 1 fully saturated rings. The summed E-state index contributed by atoms with van der Waals surface area (Å²) in [7, 11) is 0. The fraction of sp³-hybridized carbons (Fsp3) is 0.316. The Labute approximate surface area is 146 Å². The Kier molecular flexibility index (Phi) is 4.19. The highest BCUT2D eigenvalue weighted by Gasteiger charge is 2.24.